The van der Waals surface area contributed by atoms with Crippen LogP contribution in [0.15, 0.2) is 12.1 Å². The van der Waals surface area contributed by atoms with E-state index in [0.717, 1.165) is 18.3 Å². The molecule has 0 heterocycles. The van der Waals surface area contributed by atoms with Crippen LogP contribution in [0.5, 0.6) is 0 Å². The fourth-order valence-corrected chi connectivity index (χ4v) is 1.50. The van der Waals surface area contributed by atoms with Crippen LogP contribution in [0.3, 0.4) is 0 Å². The van der Waals surface area contributed by atoms with E-state index in [1.165, 1.54) is 0 Å². The fraction of sp³-hybridized carbons (Fsp3) is 0.273. The largest absolute Gasteiger partial charge is 0.397 e. The van der Waals surface area contributed by atoms with Gasteiger partial charge >= 0.3 is 0 Å². The van der Waals surface area contributed by atoms with E-state index in [4.69, 9.17) is 22.6 Å². The van der Waals surface area contributed by atoms with Crippen molar-refractivity contribution in [3.05, 3.63) is 28.3 Å². The number of benzene rings is 1. The van der Waals surface area contributed by atoms with Crippen LogP contribution in [0.4, 0.5) is 5.69 Å². The second-order valence-electron chi connectivity index (χ2n) is 3.20. The molecule has 1 aromatic carbocycles. The maximum absolute atomic E-state index is 10.2. The Labute approximate surface area is 93.5 Å². The number of nitriles is 1. The van der Waals surface area contributed by atoms with Crippen LogP contribution < -0.4 is 5.73 Å². The summed E-state index contributed by atoms with van der Waals surface area (Å²) in [7, 11) is 0. The minimum atomic E-state index is 0.410. The van der Waals surface area contributed by atoms with Gasteiger partial charge in [-0.05, 0) is 30.5 Å². The molecular formula is C11H11ClN2O. The van der Waals surface area contributed by atoms with Crippen LogP contribution in [0.25, 0.3) is 0 Å². The van der Waals surface area contributed by atoms with Crippen molar-refractivity contribution in [3.63, 3.8) is 0 Å². The lowest BCUT2D eigenvalue weighted by molar-refractivity contribution is -0.107. The summed E-state index contributed by atoms with van der Waals surface area (Å²) in [6, 6.07) is 5.33. The van der Waals surface area contributed by atoms with Gasteiger partial charge in [0.2, 0.25) is 0 Å². The summed E-state index contributed by atoms with van der Waals surface area (Å²) in [4.78, 5) is 10.2. The number of nitrogen functional groups attached to an aromatic ring is 1. The van der Waals surface area contributed by atoms with E-state index in [1.54, 1.807) is 12.1 Å². The third kappa shape index (κ3) is 2.97. The lowest BCUT2D eigenvalue weighted by Crippen LogP contribution is -1.95. The first kappa shape index (κ1) is 11.5. The molecule has 0 fully saturated rings. The molecule has 0 spiro atoms. The van der Waals surface area contributed by atoms with Crippen LogP contribution in [0.2, 0.25) is 5.02 Å². The molecule has 0 saturated carbocycles. The van der Waals surface area contributed by atoms with Crippen molar-refractivity contribution >= 4 is 23.6 Å². The fourth-order valence-electron chi connectivity index (χ4n) is 1.32. The number of nitrogens with two attached hydrogens (primary N) is 1. The number of carbonyl (C=O) groups is 1. The molecule has 0 aliphatic carbocycles. The quantitative estimate of drug-likeness (QED) is 0.483. The van der Waals surface area contributed by atoms with Crippen molar-refractivity contribution in [2.75, 3.05) is 5.73 Å². The Balaban J connectivity index is 2.91. The smallest absolute Gasteiger partial charge is 0.120 e. The van der Waals surface area contributed by atoms with Gasteiger partial charge in [-0.15, -0.1) is 0 Å². The lowest BCUT2D eigenvalue weighted by atomic mass is 10.0. The third-order valence-electron chi connectivity index (χ3n) is 2.11. The summed E-state index contributed by atoms with van der Waals surface area (Å²) in [5, 5.41) is 9.33. The Morgan fingerprint density at radius 3 is 2.87 bits per heavy atom. The Bertz CT molecular complexity index is 410. The number of aryl methyl sites for hydroxylation is 1. The van der Waals surface area contributed by atoms with Gasteiger partial charge in [-0.1, -0.05) is 11.6 Å². The molecule has 2 N–H and O–H groups in total. The zero-order chi connectivity index (χ0) is 11.3. The van der Waals surface area contributed by atoms with Gasteiger partial charge < -0.3 is 10.5 Å². The van der Waals surface area contributed by atoms with E-state index in [-0.39, 0.29) is 0 Å². The van der Waals surface area contributed by atoms with Crippen molar-refractivity contribution in [3.8, 4) is 6.07 Å². The summed E-state index contributed by atoms with van der Waals surface area (Å²) in [5.41, 5.74) is 7.37. The molecule has 4 heteroatoms. The Morgan fingerprint density at radius 2 is 2.27 bits per heavy atom. The van der Waals surface area contributed by atoms with Gasteiger partial charge in [0.15, 0.2) is 0 Å². The van der Waals surface area contributed by atoms with Gasteiger partial charge in [0, 0.05) is 6.42 Å². The summed E-state index contributed by atoms with van der Waals surface area (Å²) in [5.74, 6) is 0. The first-order chi connectivity index (χ1) is 7.19. The maximum Gasteiger partial charge on any atom is 0.120 e. The molecule has 3 nitrogen and oxygen atoms in total. The van der Waals surface area contributed by atoms with Crippen molar-refractivity contribution in [1.82, 2.24) is 0 Å². The minimum Gasteiger partial charge on any atom is -0.397 e. The molecule has 1 rings (SSSR count). The normalized spacial score (nSPS) is 9.60. The molecule has 0 unspecified atom stereocenters. The number of hydrogen-bond acceptors (Lipinski definition) is 3. The predicted molar refractivity (Wildman–Crippen MR) is 59.6 cm³/mol. The Kier molecular flexibility index (Phi) is 4.14. The van der Waals surface area contributed by atoms with Crippen molar-refractivity contribution in [2.24, 2.45) is 0 Å². The van der Waals surface area contributed by atoms with Gasteiger partial charge in [0.25, 0.3) is 0 Å². The second-order valence-corrected chi connectivity index (χ2v) is 3.61. The van der Waals surface area contributed by atoms with E-state index < -0.39 is 0 Å². The number of carbonyl (C=O) groups excluding carboxylic acids is 1. The summed E-state index contributed by atoms with van der Waals surface area (Å²) in [6.45, 7) is 0. The molecule has 0 atom stereocenters. The highest BCUT2D eigenvalue weighted by Crippen LogP contribution is 2.24. The van der Waals surface area contributed by atoms with Gasteiger partial charge in [-0.25, -0.2) is 0 Å². The van der Waals surface area contributed by atoms with Gasteiger partial charge in [-0.2, -0.15) is 5.26 Å². The monoisotopic (exact) mass is 222 g/mol. The summed E-state index contributed by atoms with van der Waals surface area (Å²) >= 11 is 5.85. The van der Waals surface area contributed by atoms with Crippen LogP contribution in [-0.2, 0) is 11.2 Å². The summed E-state index contributed by atoms with van der Waals surface area (Å²) in [6.07, 6.45) is 2.75. The second kappa shape index (κ2) is 5.38. The number of halogens is 1. The molecule has 15 heavy (non-hydrogen) atoms. The van der Waals surface area contributed by atoms with Gasteiger partial charge in [0.1, 0.15) is 6.29 Å². The predicted octanol–water partition coefficient (Wildman–Crippen LogP) is 2.32. The molecule has 0 aliphatic rings. The molecule has 1 aromatic rings. The zero-order valence-corrected chi connectivity index (χ0v) is 8.92. The lowest BCUT2D eigenvalue weighted by Gasteiger charge is -2.05. The van der Waals surface area contributed by atoms with Crippen LogP contribution in [0.1, 0.15) is 24.0 Å². The number of hydrogen-bond donors (Lipinski definition) is 1. The highest BCUT2D eigenvalue weighted by Gasteiger charge is 2.06. The highest BCUT2D eigenvalue weighted by molar-refractivity contribution is 6.33. The van der Waals surface area contributed by atoms with E-state index in [0.29, 0.717) is 29.1 Å². The van der Waals surface area contributed by atoms with Crippen molar-refractivity contribution in [1.29, 1.82) is 5.26 Å². The molecule has 0 aliphatic heterocycles. The molecule has 0 radical (unpaired) electrons. The molecular weight excluding hydrogens is 212 g/mol. The van der Waals surface area contributed by atoms with Gasteiger partial charge in [-0.3, -0.25) is 0 Å². The van der Waals surface area contributed by atoms with Crippen LogP contribution >= 0.6 is 11.6 Å². The molecule has 0 saturated heterocycles. The van der Waals surface area contributed by atoms with E-state index in [2.05, 4.69) is 6.07 Å². The molecule has 0 aromatic heterocycles. The molecule has 78 valence electrons. The standard InChI is InChI=1S/C11H11ClN2O/c12-10-5-8(3-1-2-4-15)9(7-13)6-11(10)14/h4-6H,1-3,14H2. The Morgan fingerprint density at radius 1 is 1.53 bits per heavy atom. The maximum atomic E-state index is 10.2. The van der Waals surface area contributed by atoms with E-state index >= 15 is 0 Å². The van der Waals surface area contributed by atoms with Gasteiger partial charge in [0.05, 0.1) is 22.3 Å². The van der Waals surface area contributed by atoms with E-state index in [1.807, 2.05) is 0 Å². The number of unbranched alkanes of at least 4 members (excludes halogenated alkanes) is 1. The first-order valence-electron chi connectivity index (χ1n) is 4.60. The highest BCUT2D eigenvalue weighted by atomic mass is 35.5. The first-order valence-corrected chi connectivity index (χ1v) is 4.98. The topological polar surface area (TPSA) is 66.9 Å². The average Bonchev–Trinajstić information content (AvgIpc) is 2.23. The SMILES string of the molecule is N#Cc1cc(N)c(Cl)cc1CCCC=O. The average molecular weight is 223 g/mol. The van der Waals surface area contributed by atoms with E-state index in [9.17, 15) is 4.79 Å². The summed E-state index contributed by atoms with van der Waals surface area (Å²) < 4.78 is 0. The number of anilines is 1. The Hall–Kier alpha value is -1.53. The number of nitrogens with zero attached hydrogens (tertiary/aromatic N) is 1. The number of rotatable bonds is 4. The van der Waals surface area contributed by atoms with Crippen LogP contribution in [-0.4, -0.2) is 6.29 Å². The van der Waals surface area contributed by atoms with Crippen molar-refractivity contribution < 1.29 is 4.79 Å². The van der Waals surface area contributed by atoms with Crippen LogP contribution in [0, 0.1) is 11.3 Å². The third-order valence-corrected chi connectivity index (χ3v) is 2.44. The number of aldehydes is 1. The zero-order valence-electron chi connectivity index (χ0n) is 8.16. The minimum absolute atomic E-state index is 0.410. The molecule has 0 amide bonds. The van der Waals surface area contributed by atoms with Crippen molar-refractivity contribution in [2.45, 2.75) is 19.3 Å². The molecule has 0 bridgehead atoms.